The number of carbonyl (C=O) groups excluding carboxylic acids is 1. The molecule has 1 amide bonds. The van der Waals surface area contributed by atoms with Crippen molar-refractivity contribution in [1.82, 2.24) is 0 Å². The van der Waals surface area contributed by atoms with Crippen LogP contribution in [0.1, 0.15) is 12.0 Å². The highest BCUT2D eigenvalue weighted by atomic mass is 32.2. The van der Waals surface area contributed by atoms with E-state index >= 15 is 0 Å². The molecule has 1 aliphatic heterocycles. The fourth-order valence-electron chi connectivity index (χ4n) is 1.81. The first-order valence-electron chi connectivity index (χ1n) is 5.16. The molecule has 92 valence electrons. The van der Waals surface area contributed by atoms with Crippen LogP contribution in [-0.2, 0) is 14.8 Å². The minimum Gasteiger partial charge on any atom is -0.495 e. The van der Waals surface area contributed by atoms with Crippen molar-refractivity contribution in [2.45, 2.75) is 13.3 Å². The van der Waals surface area contributed by atoms with Gasteiger partial charge in [-0.25, -0.2) is 12.7 Å². The van der Waals surface area contributed by atoms with Gasteiger partial charge in [0.05, 0.1) is 12.9 Å². The lowest BCUT2D eigenvalue weighted by atomic mass is 10.2. The third-order valence-electron chi connectivity index (χ3n) is 2.63. The summed E-state index contributed by atoms with van der Waals surface area (Å²) < 4.78 is 29.5. The first kappa shape index (κ1) is 11.9. The molecule has 0 aliphatic carbocycles. The number of anilines is 1. The molecule has 17 heavy (non-hydrogen) atoms. The molecule has 2 rings (SSSR count). The van der Waals surface area contributed by atoms with Crippen LogP contribution in [0.2, 0.25) is 0 Å². The Labute approximate surface area is 100 Å². The maximum absolute atomic E-state index is 11.8. The molecule has 6 heteroatoms. The molecule has 1 saturated heterocycles. The van der Waals surface area contributed by atoms with Crippen molar-refractivity contribution >= 4 is 21.6 Å². The number of hydrogen-bond donors (Lipinski definition) is 0. The maximum atomic E-state index is 11.8. The van der Waals surface area contributed by atoms with E-state index in [1.807, 2.05) is 6.92 Å². The van der Waals surface area contributed by atoms with E-state index in [4.69, 9.17) is 4.74 Å². The number of rotatable bonds is 2. The van der Waals surface area contributed by atoms with E-state index in [0.717, 1.165) is 9.87 Å². The van der Waals surface area contributed by atoms with E-state index in [1.54, 1.807) is 18.2 Å². The van der Waals surface area contributed by atoms with Crippen LogP contribution in [0.25, 0.3) is 0 Å². The molecule has 1 fully saturated rings. The molecule has 1 aromatic rings. The quantitative estimate of drug-likeness (QED) is 0.793. The second kappa shape index (κ2) is 4.03. The summed E-state index contributed by atoms with van der Waals surface area (Å²) >= 11 is 0. The summed E-state index contributed by atoms with van der Waals surface area (Å²) in [4.78, 5) is 11.7. The summed E-state index contributed by atoms with van der Waals surface area (Å²) in [6, 6.07) is 5.10. The molecule has 1 aromatic carbocycles. The Morgan fingerprint density at radius 2 is 2.06 bits per heavy atom. The van der Waals surface area contributed by atoms with Crippen LogP contribution in [-0.4, -0.2) is 27.2 Å². The van der Waals surface area contributed by atoms with Crippen LogP contribution in [0.4, 0.5) is 5.69 Å². The van der Waals surface area contributed by atoms with Crippen molar-refractivity contribution in [3.05, 3.63) is 23.8 Å². The monoisotopic (exact) mass is 255 g/mol. The van der Waals surface area contributed by atoms with E-state index in [-0.39, 0.29) is 12.2 Å². The van der Waals surface area contributed by atoms with Crippen molar-refractivity contribution in [3.63, 3.8) is 0 Å². The number of amides is 1. The predicted molar refractivity (Wildman–Crippen MR) is 63.6 cm³/mol. The van der Waals surface area contributed by atoms with Gasteiger partial charge in [0.2, 0.25) is 15.9 Å². The van der Waals surface area contributed by atoms with E-state index in [2.05, 4.69) is 0 Å². The normalized spacial score (nSPS) is 18.5. The number of nitrogens with zero attached hydrogens (tertiary/aromatic N) is 1. The second-order valence-electron chi connectivity index (χ2n) is 3.90. The SMILES string of the molecule is COc1ccc(C)cc1N1C(=O)CCS1(=O)=O. The average molecular weight is 255 g/mol. The molecule has 0 spiro atoms. The zero-order chi connectivity index (χ0) is 12.6. The maximum Gasteiger partial charge on any atom is 0.242 e. The fraction of sp³-hybridized carbons (Fsp3) is 0.364. The Hall–Kier alpha value is -1.56. The van der Waals surface area contributed by atoms with Gasteiger partial charge in [0.25, 0.3) is 0 Å². The molecule has 1 aliphatic rings. The van der Waals surface area contributed by atoms with Crippen molar-refractivity contribution < 1.29 is 17.9 Å². The van der Waals surface area contributed by atoms with E-state index in [1.165, 1.54) is 7.11 Å². The minimum absolute atomic E-state index is 0.0272. The van der Waals surface area contributed by atoms with Gasteiger partial charge in [-0.05, 0) is 24.6 Å². The number of ether oxygens (including phenoxy) is 1. The summed E-state index contributed by atoms with van der Waals surface area (Å²) in [5, 5.41) is 0. The molecule has 5 nitrogen and oxygen atoms in total. The topological polar surface area (TPSA) is 63.7 Å². The average Bonchev–Trinajstić information content (AvgIpc) is 2.53. The molecule has 0 atom stereocenters. The van der Waals surface area contributed by atoms with Gasteiger partial charge in [-0.2, -0.15) is 0 Å². The summed E-state index contributed by atoms with van der Waals surface area (Å²) in [6.45, 7) is 1.83. The van der Waals surface area contributed by atoms with Gasteiger partial charge < -0.3 is 4.74 Å². The molecule has 0 N–H and O–H groups in total. The van der Waals surface area contributed by atoms with Crippen LogP contribution in [0.15, 0.2) is 18.2 Å². The summed E-state index contributed by atoms with van der Waals surface area (Å²) in [5.74, 6) is -0.161. The second-order valence-corrected chi connectivity index (χ2v) is 5.84. The smallest absolute Gasteiger partial charge is 0.242 e. The third-order valence-corrected chi connectivity index (χ3v) is 4.31. The zero-order valence-corrected chi connectivity index (χ0v) is 10.5. The summed E-state index contributed by atoms with van der Waals surface area (Å²) in [7, 11) is -2.09. The highest BCUT2D eigenvalue weighted by molar-refractivity contribution is 7.94. The Morgan fingerprint density at radius 1 is 1.35 bits per heavy atom. The third kappa shape index (κ3) is 2.00. The lowest BCUT2D eigenvalue weighted by Gasteiger charge is -2.18. The number of methoxy groups -OCH3 is 1. The van der Waals surface area contributed by atoms with Crippen LogP contribution < -0.4 is 9.04 Å². The molecule has 0 aromatic heterocycles. The van der Waals surface area contributed by atoms with Crippen LogP contribution in [0.3, 0.4) is 0 Å². The number of benzene rings is 1. The standard InChI is InChI=1S/C11H13NO4S/c1-8-3-4-10(16-2)9(7-8)12-11(13)5-6-17(12,14)15/h3-4,7H,5-6H2,1-2H3. The zero-order valence-electron chi connectivity index (χ0n) is 9.63. The van der Waals surface area contributed by atoms with Crippen LogP contribution >= 0.6 is 0 Å². The Kier molecular flexibility index (Phi) is 2.82. The molecular weight excluding hydrogens is 242 g/mol. The highest BCUT2D eigenvalue weighted by Crippen LogP contribution is 2.34. The lowest BCUT2D eigenvalue weighted by molar-refractivity contribution is -0.116. The van der Waals surface area contributed by atoms with Gasteiger partial charge in [0.1, 0.15) is 11.4 Å². The predicted octanol–water partition coefficient (Wildman–Crippen LogP) is 1.07. The van der Waals surface area contributed by atoms with Crippen molar-refractivity contribution in [3.8, 4) is 5.75 Å². The van der Waals surface area contributed by atoms with Gasteiger partial charge >= 0.3 is 0 Å². The van der Waals surface area contributed by atoms with Gasteiger partial charge in [-0.1, -0.05) is 6.07 Å². The van der Waals surface area contributed by atoms with Gasteiger partial charge in [0.15, 0.2) is 0 Å². The van der Waals surface area contributed by atoms with Gasteiger partial charge in [0, 0.05) is 6.42 Å². The molecule has 0 bridgehead atoms. The summed E-state index contributed by atoms with van der Waals surface area (Å²) in [6.07, 6.45) is 0.0272. The number of hydrogen-bond acceptors (Lipinski definition) is 4. The number of sulfonamides is 1. The molecular formula is C11H13NO4S. The van der Waals surface area contributed by atoms with Gasteiger partial charge in [-0.15, -0.1) is 0 Å². The van der Waals surface area contributed by atoms with E-state index in [0.29, 0.717) is 11.4 Å². The van der Waals surface area contributed by atoms with E-state index in [9.17, 15) is 13.2 Å². The number of aryl methyl sites for hydroxylation is 1. The van der Waals surface area contributed by atoms with Crippen molar-refractivity contribution in [1.29, 1.82) is 0 Å². The Bertz CT molecular complexity index is 565. The van der Waals surface area contributed by atoms with Crippen LogP contribution in [0, 0.1) is 6.92 Å². The Morgan fingerprint density at radius 3 is 2.59 bits per heavy atom. The first-order chi connectivity index (χ1) is 7.95. The fourth-order valence-corrected chi connectivity index (χ4v) is 3.27. The first-order valence-corrected chi connectivity index (χ1v) is 6.77. The highest BCUT2D eigenvalue weighted by Gasteiger charge is 2.37. The molecule has 0 radical (unpaired) electrons. The minimum atomic E-state index is -3.53. The Balaban J connectivity index is 2.60. The van der Waals surface area contributed by atoms with E-state index < -0.39 is 15.9 Å². The van der Waals surface area contributed by atoms with Crippen LogP contribution in [0.5, 0.6) is 5.75 Å². The number of carbonyl (C=O) groups is 1. The summed E-state index contributed by atoms with van der Waals surface area (Å²) in [5.41, 5.74) is 1.17. The molecule has 0 unspecified atom stereocenters. The van der Waals surface area contributed by atoms with Crippen molar-refractivity contribution in [2.75, 3.05) is 17.2 Å². The molecule has 0 saturated carbocycles. The largest absolute Gasteiger partial charge is 0.495 e. The molecule has 1 heterocycles. The van der Waals surface area contributed by atoms with Gasteiger partial charge in [-0.3, -0.25) is 4.79 Å². The van der Waals surface area contributed by atoms with Crippen molar-refractivity contribution in [2.24, 2.45) is 0 Å². The lowest BCUT2D eigenvalue weighted by Crippen LogP contribution is -2.29.